The molecule has 2 rings (SSSR count). The van der Waals surface area contributed by atoms with E-state index in [1.807, 2.05) is 42.5 Å². The molecule has 0 unspecified atom stereocenters. The molecule has 0 N–H and O–H groups in total. The SMILES string of the molecule is COC[C@H](Cc1ccccc1)[N-]C(=O)c1[c-]cccc1.[Li+].[Li+]. The van der Waals surface area contributed by atoms with Crippen molar-refractivity contribution in [2.75, 3.05) is 13.7 Å². The van der Waals surface area contributed by atoms with Crippen molar-refractivity contribution in [2.45, 2.75) is 12.5 Å². The Morgan fingerprint density at radius 3 is 2.41 bits per heavy atom. The topological polar surface area (TPSA) is 40.4 Å². The largest absolute Gasteiger partial charge is 1.00 e. The van der Waals surface area contributed by atoms with Crippen LogP contribution in [0.25, 0.3) is 5.32 Å². The van der Waals surface area contributed by atoms with Crippen LogP contribution in [0.5, 0.6) is 0 Å². The fourth-order valence-electron chi connectivity index (χ4n) is 1.98. The van der Waals surface area contributed by atoms with E-state index in [9.17, 15) is 4.79 Å². The van der Waals surface area contributed by atoms with Gasteiger partial charge in [0, 0.05) is 13.7 Å². The zero-order valence-electron chi connectivity index (χ0n) is 13.5. The Kier molecular flexibility index (Phi) is 11.1. The molecule has 0 aliphatic rings. The van der Waals surface area contributed by atoms with Crippen molar-refractivity contribution in [1.82, 2.24) is 0 Å². The molecule has 0 spiro atoms. The van der Waals surface area contributed by atoms with Crippen molar-refractivity contribution in [3.8, 4) is 0 Å². The van der Waals surface area contributed by atoms with Crippen molar-refractivity contribution in [2.24, 2.45) is 0 Å². The summed E-state index contributed by atoms with van der Waals surface area (Å²) in [6.07, 6.45) is 0.688. The Bertz CT molecular complexity index is 535. The van der Waals surface area contributed by atoms with Crippen LogP contribution in [0.1, 0.15) is 15.9 Å². The molecule has 0 aromatic heterocycles. The van der Waals surface area contributed by atoms with E-state index in [4.69, 9.17) is 4.74 Å². The molecule has 0 heterocycles. The molecule has 0 saturated carbocycles. The number of carbonyl (C=O) groups is 1. The molecular weight excluding hydrogens is 264 g/mol. The Balaban J connectivity index is 0.00000220. The molecule has 22 heavy (non-hydrogen) atoms. The Morgan fingerprint density at radius 1 is 1.14 bits per heavy atom. The first-order chi connectivity index (χ1) is 9.79. The average molecular weight is 281 g/mol. The summed E-state index contributed by atoms with van der Waals surface area (Å²) in [5, 5.41) is 4.24. The van der Waals surface area contributed by atoms with Gasteiger partial charge in [0.2, 0.25) is 0 Å². The van der Waals surface area contributed by atoms with Gasteiger partial charge in [0.25, 0.3) is 0 Å². The van der Waals surface area contributed by atoms with Gasteiger partial charge >= 0.3 is 37.7 Å². The van der Waals surface area contributed by atoms with Gasteiger partial charge in [-0.1, -0.05) is 36.4 Å². The van der Waals surface area contributed by atoms with Crippen LogP contribution in [0, 0.1) is 6.07 Å². The second-order valence-electron chi connectivity index (χ2n) is 4.51. The molecule has 2 aromatic rings. The molecule has 104 valence electrons. The summed E-state index contributed by atoms with van der Waals surface area (Å²) in [6.45, 7) is 0.424. The summed E-state index contributed by atoms with van der Waals surface area (Å²) in [5.41, 5.74) is 1.63. The minimum atomic E-state index is -0.247. The summed E-state index contributed by atoms with van der Waals surface area (Å²) in [7, 11) is 1.62. The van der Waals surface area contributed by atoms with E-state index < -0.39 is 0 Å². The number of amides is 1. The van der Waals surface area contributed by atoms with Gasteiger partial charge in [-0.15, -0.1) is 35.9 Å². The van der Waals surface area contributed by atoms with Crippen LogP contribution in [0.15, 0.2) is 54.6 Å². The van der Waals surface area contributed by atoms with Crippen molar-refractivity contribution < 1.29 is 47.3 Å². The second-order valence-corrected chi connectivity index (χ2v) is 4.51. The van der Waals surface area contributed by atoms with Crippen LogP contribution >= 0.6 is 0 Å². The predicted octanol–water partition coefficient (Wildman–Crippen LogP) is -2.73. The third-order valence-corrected chi connectivity index (χ3v) is 2.91. The van der Waals surface area contributed by atoms with Gasteiger partial charge in [-0.05, 0) is 17.9 Å². The van der Waals surface area contributed by atoms with E-state index in [0.717, 1.165) is 5.56 Å². The van der Waals surface area contributed by atoms with Gasteiger partial charge < -0.3 is 14.8 Å². The van der Waals surface area contributed by atoms with E-state index in [-0.39, 0.29) is 49.7 Å². The molecule has 0 radical (unpaired) electrons. The molecule has 1 amide bonds. The monoisotopic (exact) mass is 281 g/mol. The Hall–Kier alpha value is -0.935. The molecule has 1 atom stereocenters. The maximum absolute atomic E-state index is 12.1. The van der Waals surface area contributed by atoms with E-state index in [2.05, 4.69) is 11.4 Å². The van der Waals surface area contributed by atoms with Gasteiger partial charge in [0.15, 0.2) is 0 Å². The molecule has 0 bridgehead atoms. The van der Waals surface area contributed by atoms with Crippen molar-refractivity contribution in [3.05, 3.63) is 77.1 Å². The van der Waals surface area contributed by atoms with Crippen molar-refractivity contribution in [3.63, 3.8) is 0 Å². The number of benzene rings is 2. The minimum absolute atomic E-state index is 0. The molecule has 0 saturated heterocycles. The molecule has 3 nitrogen and oxygen atoms in total. The Morgan fingerprint density at radius 2 is 1.82 bits per heavy atom. The fraction of sp³-hybridized carbons (Fsp3) is 0.235. The van der Waals surface area contributed by atoms with Crippen molar-refractivity contribution in [1.29, 1.82) is 0 Å². The summed E-state index contributed by atoms with van der Waals surface area (Å²) < 4.78 is 5.16. The van der Waals surface area contributed by atoms with E-state index in [1.165, 1.54) is 0 Å². The number of rotatable bonds is 6. The van der Waals surface area contributed by atoms with Crippen LogP contribution < -0.4 is 37.7 Å². The maximum atomic E-state index is 12.1. The quantitative estimate of drug-likeness (QED) is 0.426. The molecule has 5 heteroatoms. The predicted molar refractivity (Wildman–Crippen MR) is 78.8 cm³/mol. The van der Waals surface area contributed by atoms with E-state index in [0.29, 0.717) is 18.6 Å². The summed E-state index contributed by atoms with van der Waals surface area (Å²) >= 11 is 0. The normalized spacial score (nSPS) is 10.8. The van der Waals surface area contributed by atoms with Crippen LogP contribution in [0.3, 0.4) is 0 Å². The smallest absolute Gasteiger partial charge is 0.690 e. The number of carbonyl (C=O) groups excluding carboxylic acids is 1. The molecule has 0 aliphatic heterocycles. The first-order valence-electron chi connectivity index (χ1n) is 6.54. The summed E-state index contributed by atoms with van der Waals surface area (Å²) in [4.78, 5) is 12.1. The fourth-order valence-corrected chi connectivity index (χ4v) is 1.98. The van der Waals surface area contributed by atoms with Gasteiger partial charge in [0.1, 0.15) is 0 Å². The van der Waals surface area contributed by atoms with Crippen molar-refractivity contribution >= 4 is 5.91 Å². The number of hydrogen-bond acceptors (Lipinski definition) is 2. The number of methoxy groups -OCH3 is 1. The van der Waals surface area contributed by atoms with Gasteiger partial charge in [-0.2, -0.15) is 0 Å². The molecule has 0 aliphatic carbocycles. The van der Waals surface area contributed by atoms with Crippen LogP contribution in [-0.4, -0.2) is 25.7 Å². The third-order valence-electron chi connectivity index (χ3n) is 2.91. The second kappa shape index (κ2) is 11.6. The summed E-state index contributed by atoms with van der Waals surface area (Å²) in [5.74, 6) is -0.247. The van der Waals surface area contributed by atoms with Crippen LogP contribution in [0.4, 0.5) is 0 Å². The first-order valence-corrected chi connectivity index (χ1v) is 6.54. The van der Waals surface area contributed by atoms with E-state index in [1.54, 1.807) is 19.2 Å². The molecule has 0 fully saturated rings. The summed E-state index contributed by atoms with van der Waals surface area (Å²) in [6, 6.07) is 19.8. The third kappa shape index (κ3) is 6.88. The number of ether oxygens (including phenoxy) is 1. The molecule has 2 aromatic carbocycles. The van der Waals surface area contributed by atoms with Gasteiger partial charge in [0.05, 0.1) is 0 Å². The Labute approximate surface area is 156 Å². The standard InChI is InChI=1S/C17H18NO2.2Li/c1-20-13-16(12-14-8-4-2-5-9-14)18-17(19)15-10-6-3-7-11-15;;/h2-10,16H,12-13H2,1H3,(H,18,19);;/q-1;2*+1/p-1/t16-;;/m0../s1. The average Bonchev–Trinajstić information content (AvgIpc) is 2.49. The van der Waals surface area contributed by atoms with Crippen LogP contribution in [-0.2, 0) is 11.2 Å². The zero-order chi connectivity index (χ0) is 14.2. The zero-order valence-corrected chi connectivity index (χ0v) is 13.5. The van der Waals surface area contributed by atoms with Gasteiger partial charge in [-0.3, -0.25) is 0 Å². The van der Waals surface area contributed by atoms with Crippen LogP contribution in [0.2, 0.25) is 0 Å². The van der Waals surface area contributed by atoms with E-state index >= 15 is 0 Å². The number of hydrogen-bond donors (Lipinski definition) is 0. The minimum Gasteiger partial charge on any atom is -0.690 e. The molecular formula is C17H17Li2NO2. The first kappa shape index (κ1) is 21.1. The maximum Gasteiger partial charge on any atom is 1.00 e. The number of nitrogens with zero attached hydrogens (tertiary/aromatic N) is 1. The van der Waals surface area contributed by atoms with Gasteiger partial charge in [-0.25, -0.2) is 0 Å².